The van der Waals surface area contributed by atoms with Gasteiger partial charge in [-0.2, -0.15) is 13.2 Å². The molecular formula is C12H16F3N3. The molecule has 1 aliphatic rings. The van der Waals surface area contributed by atoms with E-state index in [0.717, 1.165) is 38.2 Å². The van der Waals surface area contributed by atoms with Crippen LogP contribution in [-0.4, -0.2) is 36.1 Å². The lowest BCUT2D eigenvalue weighted by Gasteiger charge is -2.30. The summed E-state index contributed by atoms with van der Waals surface area (Å²) in [5.74, 6) is 0.503. The van der Waals surface area contributed by atoms with Gasteiger partial charge in [0.25, 0.3) is 0 Å². The van der Waals surface area contributed by atoms with Crippen LogP contribution in [0.5, 0.6) is 0 Å². The molecule has 2 rings (SSSR count). The van der Waals surface area contributed by atoms with Crippen molar-refractivity contribution in [3.8, 4) is 0 Å². The average Bonchev–Trinajstić information content (AvgIpc) is 2.28. The number of anilines is 1. The molecule has 1 N–H and O–H groups in total. The van der Waals surface area contributed by atoms with Crippen LogP contribution in [0.25, 0.3) is 0 Å². The minimum absolute atomic E-state index is 0.257. The number of hydrogen-bond acceptors (Lipinski definition) is 3. The van der Waals surface area contributed by atoms with Crippen LogP contribution >= 0.6 is 0 Å². The Morgan fingerprint density at radius 2 is 2.17 bits per heavy atom. The summed E-state index contributed by atoms with van der Waals surface area (Å²) in [6, 6.07) is 2.70. The standard InChI is InChI=1S/C12H16F3N3/c1-18-6-2-3-10(8-18)17-11-5-4-9(7-16-11)12(13,14)15/h4-5,7,10H,2-3,6,8H2,1H3,(H,16,17). The van der Waals surface area contributed by atoms with Crippen molar-refractivity contribution in [1.82, 2.24) is 9.88 Å². The van der Waals surface area contributed by atoms with Gasteiger partial charge in [0.05, 0.1) is 5.56 Å². The minimum atomic E-state index is -4.32. The molecule has 6 heteroatoms. The van der Waals surface area contributed by atoms with Crippen LogP contribution in [0.3, 0.4) is 0 Å². The predicted octanol–water partition coefficient (Wildman–Crippen LogP) is 2.61. The normalized spacial score (nSPS) is 21.9. The van der Waals surface area contributed by atoms with Gasteiger partial charge in [-0.3, -0.25) is 0 Å². The fourth-order valence-corrected chi connectivity index (χ4v) is 2.14. The van der Waals surface area contributed by atoms with Gasteiger partial charge in [0.15, 0.2) is 0 Å². The number of aromatic nitrogens is 1. The third-order valence-corrected chi connectivity index (χ3v) is 3.07. The van der Waals surface area contributed by atoms with Gasteiger partial charge in [0.1, 0.15) is 5.82 Å². The Bertz CT molecular complexity index is 389. The second kappa shape index (κ2) is 5.14. The number of likely N-dealkylation sites (tertiary alicyclic amines) is 1. The van der Waals surface area contributed by atoms with Crippen molar-refractivity contribution in [3.05, 3.63) is 23.9 Å². The maximum atomic E-state index is 12.4. The molecule has 0 amide bonds. The topological polar surface area (TPSA) is 28.2 Å². The first kappa shape index (κ1) is 13.1. The van der Waals surface area contributed by atoms with Crippen LogP contribution in [-0.2, 0) is 6.18 Å². The molecule has 0 bridgehead atoms. The molecule has 1 fully saturated rings. The van der Waals surface area contributed by atoms with Crippen molar-refractivity contribution in [2.45, 2.75) is 25.1 Å². The van der Waals surface area contributed by atoms with Gasteiger partial charge in [-0.15, -0.1) is 0 Å². The Morgan fingerprint density at radius 1 is 1.39 bits per heavy atom. The Balaban J connectivity index is 1.98. The van der Waals surface area contributed by atoms with E-state index in [4.69, 9.17) is 0 Å². The van der Waals surface area contributed by atoms with E-state index in [-0.39, 0.29) is 6.04 Å². The summed E-state index contributed by atoms with van der Waals surface area (Å²) < 4.78 is 37.1. The van der Waals surface area contributed by atoms with E-state index in [1.165, 1.54) is 6.07 Å². The van der Waals surface area contributed by atoms with Gasteiger partial charge < -0.3 is 10.2 Å². The maximum absolute atomic E-state index is 12.4. The van der Waals surface area contributed by atoms with Gasteiger partial charge in [-0.1, -0.05) is 0 Å². The zero-order valence-electron chi connectivity index (χ0n) is 10.2. The van der Waals surface area contributed by atoms with Crippen LogP contribution in [0, 0.1) is 0 Å². The molecule has 0 spiro atoms. The zero-order valence-corrected chi connectivity index (χ0v) is 10.2. The third-order valence-electron chi connectivity index (χ3n) is 3.07. The number of halogens is 3. The molecule has 1 atom stereocenters. The number of nitrogens with zero attached hydrogens (tertiary/aromatic N) is 2. The molecule has 1 aromatic heterocycles. The van der Waals surface area contributed by atoms with Crippen LogP contribution in [0.15, 0.2) is 18.3 Å². The van der Waals surface area contributed by atoms with E-state index in [1.54, 1.807) is 0 Å². The van der Waals surface area contributed by atoms with Crippen LogP contribution < -0.4 is 5.32 Å². The summed E-state index contributed by atoms with van der Waals surface area (Å²) in [5.41, 5.74) is -0.714. The lowest BCUT2D eigenvalue weighted by molar-refractivity contribution is -0.137. The lowest BCUT2D eigenvalue weighted by atomic mass is 10.1. The van der Waals surface area contributed by atoms with E-state index in [9.17, 15) is 13.2 Å². The molecule has 0 aromatic carbocycles. The highest BCUT2D eigenvalue weighted by Gasteiger charge is 2.30. The van der Waals surface area contributed by atoms with Crippen molar-refractivity contribution >= 4 is 5.82 Å². The second-order valence-electron chi connectivity index (χ2n) is 4.68. The monoisotopic (exact) mass is 259 g/mol. The van der Waals surface area contributed by atoms with Crippen LogP contribution in [0.2, 0.25) is 0 Å². The molecule has 1 saturated heterocycles. The first-order chi connectivity index (χ1) is 8.45. The molecule has 1 aromatic rings. The van der Waals surface area contributed by atoms with E-state index in [0.29, 0.717) is 5.82 Å². The molecule has 3 nitrogen and oxygen atoms in total. The van der Waals surface area contributed by atoms with Crippen LogP contribution in [0.1, 0.15) is 18.4 Å². The van der Waals surface area contributed by atoms with Crippen molar-refractivity contribution in [1.29, 1.82) is 0 Å². The lowest BCUT2D eigenvalue weighted by Crippen LogP contribution is -2.39. The van der Waals surface area contributed by atoms with E-state index < -0.39 is 11.7 Å². The van der Waals surface area contributed by atoms with Gasteiger partial charge in [0, 0.05) is 18.8 Å². The molecule has 100 valence electrons. The van der Waals surface area contributed by atoms with Crippen LogP contribution in [0.4, 0.5) is 19.0 Å². The Kier molecular flexibility index (Phi) is 3.75. The van der Waals surface area contributed by atoms with Gasteiger partial charge in [-0.25, -0.2) is 4.98 Å². The summed E-state index contributed by atoms with van der Waals surface area (Å²) in [5, 5.41) is 3.17. The van der Waals surface area contributed by atoms with Crippen molar-refractivity contribution < 1.29 is 13.2 Å². The molecule has 1 unspecified atom stereocenters. The maximum Gasteiger partial charge on any atom is 0.417 e. The number of rotatable bonds is 2. The van der Waals surface area contributed by atoms with E-state index >= 15 is 0 Å². The molecule has 0 aliphatic carbocycles. The summed E-state index contributed by atoms with van der Waals surface area (Å²) in [6.07, 6.45) is -1.34. The quantitative estimate of drug-likeness (QED) is 0.885. The second-order valence-corrected chi connectivity index (χ2v) is 4.68. The number of likely N-dealkylation sites (N-methyl/N-ethyl adjacent to an activating group) is 1. The SMILES string of the molecule is CN1CCCC(Nc2ccc(C(F)(F)F)cn2)C1. The Labute approximate surface area is 104 Å². The molecule has 0 radical (unpaired) electrons. The smallest absolute Gasteiger partial charge is 0.366 e. The molecular weight excluding hydrogens is 243 g/mol. The fraction of sp³-hybridized carbons (Fsp3) is 0.583. The average molecular weight is 259 g/mol. The van der Waals surface area contributed by atoms with Crippen molar-refractivity contribution in [2.24, 2.45) is 0 Å². The molecule has 2 heterocycles. The summed E-state index contributed by atoms with van der Waals surface area (Å²) in [7, 11) is 2.04. The minimum Gasteiger partial charge on any atom is -0.366 e. The highest BCUT2D eigenvalue weighted by molar-refractivity contribution is 5.37. The first-order valence-electron chi connectivity index (χ1n) is 5.93. The van der Waals surface area contributed by atoms with Gasteiger partial charge >= 0.3 is 6.18 Å². The summed E-state index contributed by atoms with van der Waals surface area (Å²) >= 11 is 0. The number of pyridine rings is 1. The number of hydrogen-bond donors (Lipinski definition) is 1. The van der Waals surface area contributed by atoms with Gasteiger partial charge in [0.2, 0.25) is 0 Å². The number of nitrogens with one attached hydrogen (secondary N) is 1. The highest BCUT2D eigenvalue weighted by atomic mass is 19.4. The first-order valence-corrected chi connectivity index (χ1v) is 5.93. The number of piperidine rings is 1. The Hall–Kier alpha value is -1.30. The summed E-state index contributed by atoms with van der Waals surface area (Å²) in [4.78, 5) is 6.01. The van der Waals surface area contributed by atoms with Gasteiger partial charge in [-0.05, 0) is 38.6 Å². The molecule has 1 aliphatic heterocycles. The largest absolute Gasteiger partial charge is 0.417 e. The summed E-state index contributed by atoms with van der Waals surface area (Å²) in [6.45, 7) is 1.96. The highest BCUT2D eigenvalue weighted by Crippen LogP contribution is 2.29. The zero-order chi connectivity index (χ0) is 13.2. The Morgan fingerprint density at radius 3 is 2.72 bits per heavy atom. The van der Waals surface area contributed by atoms with E-state index in [2.05, 4.69) is 15.2 Å². The number of alkyl halides is 3. The molecule has 0 saturated carbocycles. The van der Waals surface area contributed by atoms with E-state index in [1.807, 2.05) is 7.05 Å². The molecule has 18 heavy (non-hydrogen) atoms. The third kappa shape index (κ3) is 3.35. The predicted molar refractivity (Wildman–Crippen MR) is 63.4 cm³/mol. The fourth-order valence-electron chi connectivity index (χ4n) is 2.14. The van der Waals surface area contributed by atoms with Crippen molar-refractivity contribution in [2.75, 3.05) is 25.5 Å². The van der Waals surface area contributed by atoms with Crippen molar-refractivity contribution in [3.63, 3.8) is 0 Å².